The van der Waals surface area contributed by atoms with Gasteiger partial charge in [-0.3, -0.25) is 4.79 Å². The van der Waals surface area contributed by atoms with Crippen LogP contribution in [0.3, 0.4) is 0 Å². The van der Waals surface area contributed by atoms with E-state index in [9.17, 15) is 18.0 Å². The largest absolute Gasteiger partial charge is 0.495 e. The number of aromatic nitrogens is 2. The average molecular weight is 405 g/mol. The Balaban J connectivity index is 1.64. The zero-order valence-corrected chi connectivity index (χ0v) is 15.7. The molecule has 0 aliphatic carbocycles. The highest BCUT2D eigenvalue weighted by atomic mass is 19.4. The summed E-state index contributed by atoms with van der Waals surface area (Å²) in [4.78, 5) is 12.2. The molecule has 0 bridgehead atoms. The third kappa shape index (κ3) is 5.13. The van der Waals surface area contributed by atoms with E-state index < -0.39 is 11.7 Å². The summed E-state index contributed by atoms with van der Waals surface area (Å²) in [5.74, 6) is 0.372. The molecule has 3 rings (SSSR count). The Labute approximate surface area is 164 Å². The monoisotopic (exact) mass is 405 g/mol. The van der Waals surface area contributed by atoms with Gasteiger partial charge in [0.25, 0.3) is 0 Å². The van der Waals surface area contributed by atoms with Gasteiger partial charge in [-0.25, -0.2) is 0 Å². The van der Waals surface area contributed by atoms with E-state index >= 15 is 0 Å². The van der Waals surface area contributed by atoms with Crippen molar-refractivity contribution >= 4 is 11.6 Å². The lowest BCUT2D eigenvalue weighted by atomic mass is 10.1. The first-order valence-corrected chi connectivity index (χ1v) is 8.71. The number of carbonyl (C=O) groups is 1. The van der Waals surface area contributed by atoms with Gasteiger partial charge in [-0.05, 0) is 42.8 Å². The van der Waals surface area contributed by atoms with Crippen LogP contribution >= 0.6 is 0 Å². The van der Waals surface area contributed by atoms with Crippen molar-refractivity contribution in [3.8, 4) is 17.2 Å². The van der Waals surface area contributed by atoms with Crippen molar-refractivity contribution in [3.05, 3.63) is 59.5 Å². The fourth-order valence-corrected chi connectivity index (χ4v) is 2.65. The maximum atomic E-state index is 12.8. The molecule has 2 aromatic carbocycles. The van der Waals surface area contributed by atoms with Crippen LogP contribution in [0.15, 0.2) is 46.9 Å². The van der Waals surface area contributed by atoms with Gasteiger partial charge in [-0.1, -0.05) is 12.1 Å². The fourth-order valence-electron chi connectivity index (χ4n) is 2.65. The summed E-state index contributed by atoms with van der Waals surface area (Å²) in [5.41, 5.74) is 0.866. The van der Waals surface area contributed by atoms with Gasteiger partial charge in [0, 0.05) is 18.4 Å². The third-order valence-corrected chi connectivity index (χ3v) is 4.10. The van der Waals surface area contributed by atoms with Crippen LogP contribution in [0.4, 0.5) is 18.9 Å². The quantitative estimate of drug-likeness (QED) is 0.646. The first-order valence-electron chi connectivity index (χ1n) is 8.71. The Kier molecular flexibility index (Phi) is 5.86. The number of nitrogens with one attached hydrogen (secondary N) is 1. The van der Waals surface area contributed by atoms with Gasteiger partial charge in [0.05, 0.1) is 18.4 Å². The number of alkyl halides is 3. The zero-order chi connectivity index (χ0) is 21.0. The van der Waals surface area contributed by atoms with E-state index in [1.807, 2.05) is 13.0 Å². The number of halogens is 3. The molecule has 9 heteroatoms. The lowest BCUT2D eigenvalue weighted by Crippen LogP contribution is -2.13. The van der Waals surface area contributed by atoms with Gasteiger partial charge in [0.2, 0.25) is 17.7 Å². The smallest absolute Gasteiger partial charge is 0.416 e. The summed E-state index contributed by atoms with van der Waals surface area (Å²) < 4.78 is 49.1. The van der Waals surface area contributed by atoms with Crippen LogP contribution in [0, 0.1) is 6.92 Å². The summed E-state index contributed by atoms with van der Waals surface area (Å²) in [6, 6.07) is 10.0. The molecule has 0 saturated carbocycles. The topological polar surface area (TPSA) is 77.2 Å². The van der Waals surface area contributed by atoms with Crippen molar-refractivity contribution in [3.63, 3.8) is 0 Å². The summed E-state index contributed by atoms with van der Waals surface area (Å²) in [5, 5.41) is 10.3. The molecular formula is C20H18F3N3O3. The molecule has 1 aromatic heterocycles. The van der Waals surface area contributed by atoms with Crippen LogP contribution in [0.5, 0.6) is 5.75 Å². The van der Waals surface area contributed by atoms with E-state index in [0.29, 0.717) is 11.4 Å². The number of methoxy groups -OCH3 is 1. The number of aryl methyl sites for hydroxylation is 2. The molecule has 1 N–H and O–H groups in total. The summed E-state index contributed by atoms with van der Waals surface area (Å²) in [6.45, 7) is 1.89. The highest BCUT2D eigenvalue weighted by Crippen LogP contribution is 2.32. The van der Waals surface area contributed by atoms with Gasteiger partial charge in [-0.2, -0.15) is 13.2 Å². The molecule has 0 aliphatic heterocycles. The van der Waals surface area contributed by atoms with Crippen LogP contribution in [-0.4, -0.2) is 23.2 Å². The second-order valence-corrected chi connectivity index (χ2v) is 6.33. The molecular weight excluding hydrogens is 387 g/mol. The molecule has 1 amide bonds. The number of rotatable bonds is 6. The molecule has 0 spiro atoms. The maximum absolute atomic E-state index is 12.8. The van der Waals surface area contributed by atoms with Gasteiger partial charge in [0.1, 0.15) is 5.75 Å². The highest BCUT2D eigenvalue weighted by molar-refractivity contribution is 5.92. The van der Waals surface area contributed by atoms with Crippen LogP contribution in [-0.2, 0) is 17.4 Å². The minimum atomic E-state index is -4.46. The van der Waals surface area contributed by atoms with Crippen molar-refractivity contribution in [2.24, 2.45) is 0 Å². The molecule has 0 fully saturated rings. The Morgan fingerprint density at radius 3 is 2.69 bits per heavy atom. The van der Waals surface area contributed by atoms with E-state index in [4.69, 9.17) is 9.15 Å². The number of benzene rings is 2. The highest BCUT2D eigenvalue weighted by Gasteiger charge is 2.30. The lowest BCUT2D eigenvalue weighted by Gasteiger charge is -2.10. The molecule has 0 aliphatic rings. The molecule has 0 saturated heterocycles. The van der Waals surface area contributed by atoms with E-state index in [1.165, 1.54) is 19.2 Å². The van der Waals surface area contributed by atoms with Gasteiger partial charge in [-0.15, -0.1) is 10.2 Å². The van der Waals surface area contributed by atoms with Crippen molar-refractivity contribution in [1.82, 2.24) is 10.2 Å². The first-order chi connectivity index (χ1) is 13.8. The predicted octanol–water partition coefficient (Wildman–Crippen LogP) is 4.64. The number of carbonyl (C=O) groups excluding carboxylic acids is 1. The number of hydrogen-bond acceptors (Lipinski definition) is 5. The number of hydrogen-bond donors (Lipinski definition) is 1. The van der Waals surface area contributed by atoms with E-state index in [-0.39, 0.29) is 36.1 Å². The zero-order valence-electron chi connectivity index (χ0n) is 15.7. The van der Waals surface area contributed by atoms with Crippen molar-refractivity contribution in [1.29, 1.82) is 0 Å². The Morgan fingerprint density at radius 2 is 1.97 bits per heavy atom. The maximum Gasteiger partial charge on any atom is 0.416 e. The van der Waals surface area contributed by atoms with Gasteiger partial charge < -0.3 is 14.5 Å². The molecule has 0 atom stereocenters. The van der Waals surface area contributed by atoms with E-state index in [0.717, 1.165) is 17.7 Å². The number of ether oxygens (including phenoxy) is 1. The minimum absolute atomic E-state index is 0.0353. The summed E-state index contributed by atoms with van der Waals surface area (Å²) in [6.07, 6.45) is -4.26. The SMILES string of the molecule is COc1ccc(C)cc1NC(=O)CCc1nnc(-c2cccc(C(F)(F)F)c2)o1. The Hall–Kier alpha value is -3.36. The van der Waals surface area contributed by atoms with Gasteiger partial charge >= 0.3 is 6.18 Å². The number of anilines is 1. The third-order valence-electron chi connectivity index (χ3n) is 4.10. The summed E-state index contributed by atoms with van der Waals surface area (Å²) in [7, 11) is 1.51. The second kappa shape index (κ2) is 8.34. The Bertz CT molecular complexity index is 1020. The molecule has 0 unspecified atom stereocenters. The first kappa shape index (κ1) is 20.4. The normalized spacial score (nSPS) is 11.3. The molecule has 152 valence electrons. The molecule has 6 nitrogen and oxygen atoms in total. The van der Waals surface area contributed by atoms with Crippen molar-refractivity contribution < 1.29 is 27.1 Å². The molecule has 29 heavy (non-hydrogen) atoms. The van der Waals surface area contributed by atoms with Crippen molar-refractivity contribution in [2.45, 2.75) is 25.9 Å². The molecule has 1 heterocycles. The van der Waals surface area contributed by atoms with Crippen LogP contribution in [0.2, 0.25) is 0 Å². The van der Waals surface area contributed by atoms with Crippen molar-refractivity contribution in [2.75, 3.05) is 12.4 Å². The predicted molar refractivity (Wildman–Crippen MR) is 99.4 cm³/mol. The second-order valence-electron chi connectivity index (χ2n) is 6.33. The number of nitrogens with zero attached hydrogens (tertiary/aromatic N) is 2. The average Bonchev–Trinajstić information content (AvgIpc) is 3.15. The van der Waals surface area contributed by atoms with E-state index in [2.05, 4.69) is 15.5 Å². The minimum Gasteiger partial charge on any atom is -0.495 e. The van der Waals surface area contributed by atoms with Crippen LogP contribution in [0.1, 0.15) is 23.4 Å². The lowest BCUT2D eigenvalue weighted by molar-refractivity contribution is -0.137. The van der Waals surface area contributed by atoms with E-state index in [1.54, 1.807) is 12.1 Å². The summed E-state index contributed by atoms with van der Waals surface area (Å²) >= 11 is 0. The fraction of sp³-hybridized carbons (Fsp3) is 0.250. The van der Waals surface area contributed by atoms with Gasteiger partial charge in [0.15, 0.2) is 0 Å². The van der Waals surface area contributed by atoms with Crippen LogP contribution in [0.25, 0.3) is 11.5 Å². The van der Waals surface area contributed by atoms with Crippen LogP contribution < -0.4 is 10.1 Å². The number of amides is 1. The molecule has 0 radical (unpaired) electrons. The molecule has 3 aromatic rings. The Morgan fingerprint density at radius 1 is 1.17 bits per heavy atom. The standard InChI is InChI=1S/C20H18F3N3O3/c1-12-6-7-16(28-2)15(10-12)24-17(27)8-9-18-25-26-19(29-18)13-4-3-5-14(11-13)20(21,22)23/h3-7,10-11H,8-9H2,1-2H3,(H,24,27).